The maximum absolute atomic E-state index is 6.19. The molecule has 0 fully saturated rings. The van der Waals surface area contributed by atoms with Crippen molar-refractivity contribution in [2.24, 2.45) is 0 Å². The fourth-order valence-electron chi connectivity index (χ4n) is 2.04. The van der Waals surface area contributed by atoms with Crippen molar-refractivity contribution in [1.82, 2.24) is 0 Å². The Morgan fingerprint density at radius 1 is 1.10 bits per heavy atom. The molecule has 0 saturated heterocycles. The number of halogens is 3. The van der Waals surface area contributed by atoms with Crippen LogP contribution in [0.1, 0.15) is 18.1 Å². The first-order chi connectivity index (χ1) is 10.0. The zero-order chi connectivity index (χ0) is 15.4. The third kappa shape index (κ3) is 3.97. The van der Waals surface area contributed by atoms with E-state index < -0.39 is 0 Å². The molecule has 0 saturated carbocycles. The SMILES string of the molecule is CCOc1c(Cl)cc(Cl)cc1CNc1cccc(Cl)c1C. The first-order valence-corrected chi connectivity index (χ1v) is 7.76. The Balaban J connectivity index is 2.25. The fraction of sp³-hybridized carbons (Fsp3) is 0.250. The minimum absolute atomic E-state index is 0.518. The predicted octanol–water partition coefficient (Wildman–Crippen LogP) is 5.97. The summed E-state index contributed by atoms with van der Waals surface area (Å²) in [6.07, 6.45) is 0. The van der Waals surface area contributed by atoms with Crippen molar-refractivity contribution < 1.29 is 4.74 Å². The number of hydrogen-bond acceptors (Lipinski definition) is 2. The van der Waals surface area contributed by atoms with Crippen molar-refractivity contribution in [1.29, 1.82) is 0 Å². The summed E-state index contributed by atoms with van der Waals surface area (Å²) in [4.78, 5) is 0. The number of hydrogen-bond donors (Lipinski definition) is 1. The molecular formula is C16H16Cl3NO. The van der Waals surface area contributed by atoms with E-state index in [-0.39, 0.29) is 0 Å². The fourth-order valence-corrected chi connectivity index (χ4v) is 2.81. The van der Waals surface area contributed by atoms with Gasteiger partial charge in [0.25, 0.3) is 0 Å². The molecule has 0 aliphatic heterocycles. The van der Waals surface area contributed by atoms with Gasteiger partial charge in [0.05, 0.1) is 11.6 Å². The van der Waals surface area contributed by atoms with E-state index in [4.69, 9.17) is 39.5 Å². The van der Waals surface area contributed by atoms with E-state index in [0.29, 0.717) is 28.9 Å². The molecular weight excluding hydrogens is 329 g/mol. The van der Waals surface area contributed by atoms with Crippen molar-refractivity contribution >= 4 is 40.5 Å². The van der Waals surface area contributed by atoms with Gasteiger partial charge in [-0.2, -0.15) is 0 Å². The second-order valence-electron chi connectivity index (χ2n) is 4.57. The molecule has 1 N–H and O–H groups in total. The van der Waals surface area contributed by atoms with E-state index in [0.717, 1.165) is 21.8 Å². The van der Waals surface area contributed by atoms with Crippen molar-refractivity contribution in [2.75, 3.05) is 11.9 Å². The van der Waals surface area contributed by atoms with Crippen LogP contribution in [0.4, 0.5) is 5.69 Å². The van der Waals surface area contributed by atoms with Crippen LogP contribution >= 0.6 is 34.8 Å². The van der Waals surface area contributed by atoms with Crippen molar-refractivity contribution in [3.05, 3.63) is 56.5 Å². The van der Waals surface area contributed by atoms with Gasteiger partial charge in [0.2, 0.25) is 0 Å². The van der Waals surface area contributed by atoms with E-state index in [9.17, 15) is 0 Å². The molecule has 21 heavy (non-hydrogen) atoms. The van der Waals surface area contributed by atoms with Crippen LogP contribution in [-0.4, -0.2) is 6.61 Å². The minimum Gasteiger partial charge on any atom is -0.492 e. The molecule has 0 unspecified atom stereocenters. The molecule has 0 radical (unpaired) electrons. The van der Waals surface area contributed by atoms with Gasteiger partial charge in [-0.15, -0.1) is 0 Å². The molecule has 5 heteroatoms. The monoisotopic (exact) mass is 343 g/mol. The van der Waals surface area contributed by atoms with Crippen molar-refractivity contribution in [3.63, 3.8) is 0 Å². The van der Waals surface area contributed by atoms with Crippen LogP contribution in [-0.2, 0) is 6.54 Å². The lowest BCUT2D eigenvalue weighted by molar-refractivity contribution is 0.337. The molecule has 2 nitrogen and oxygen atoms in total. The van der Waals surface area contributed by atoms with Gasteiger partial charge >= 0.3 is 0 Å². The van der Waals surface area contributed by atoms with E-state index in [2.05, 4.69) is 5.32 Å². The van der Waals surface area contributed by atoms with Gasteiger partial charge in [-0.25, -0.2) is 0 Å². The largest absolute Gasteiger partial charge is 0.492 e. The molecule has 0 aliphatic carbocycles. The highest BCUT2D eigenvalue weighted by Gasteiger charge is 2.11. The molecule has 0 bridgehead atoms. The smallest absolute Gasteiger partial charge is 0.142 e. The Bertz CT molecular complexity index is 644. The van der Waals surface area contributed by atoms with Crippen LogP contribution in [0, 0.1) is 6.92 Å². The van der Waals surface area contributed by atoms with E-state index in [1.807, 2.05) is 38.1 Å². The third-order valence-corrected chi connectivity index (χ3v) is 4.02. The average Bonchev–Trinajstić information content (AvgIpc) is 2.44. The molecule has 0 aromatic heterocycles. The summed E-state index contributed by atoms with van der Waals surface area (Å²) >= 11 is 18.4. The molecule has 0 spiro atoms. The average molecular weight is 345 g/mol. The number of anilines is 1. The summed E-state index contributed by atoms with van der Waals surface area (Å²) in [5, 5.41) is 5.18. The minimum atomic E-state index is 0.518. The molecule has 0 heterocycles. The normalized spacial score (nSPS) is 10.5. The topological polar surface area (TPSA) is 21.3 Å². The van der Waals surface area contributed by atoms with Crippen molar-refractivity contribution in [3.8, 4) is 5.75 Å². The number of nitrogens with one attached hydrogen (secondary N) is 1. The van der Waals surface area contributed by atoms with Crippen LogP contribution in [0.25, 0.3) is 0 Å². The number of rotatable bonds is 5. The summed E-state index contributed by atoms with van der Waals surface area (Å²) in [7, 11) is 0. The summed E-state index contributed by atoms with van der Waals surface area (Å²) < 4.78 is 5.61. The molecule has 2 rings (SSSR count). The molecule has 2 aromatic carbocycles. The summed E-state index contributed by atoms with van der Waals surface area (Å²) in [5.41, 5.74) is 2.89. The Morgan fingerprint density at radius 3 is 2.57 bits per heavy atom. The zero-order valence-corrected chi connectivity index (χ0v) is 14.1. The quantitative estimate of drug-likeness (QED) is 0.722. The Labute approximate surface area is 140 Å². The van der Waals surface area contributed by atoms with Crippen LogP contribution in [0.5, 0.6) is 5.75 Å². The lowest BCUT2D eigenvalue weighted by Crippen LogP contribution is -2.05. The number of ether oxygens (including phenoxy) is 1. The van der Waals surface area contributed by atoms with Gasteiger partial charge in [-0.1, -0.05) is 40.9 Å². The van der Waals surface area contributed by atoms with Gasteiger partial charge < -0.3 is 10.1 Å². The van der Waals surface area contributed by atoms with E-state index in [1.54, 1.807) is 6.07 Å². The highest BCUT2D eigenvalue weighted by molar-refractivity contribution is 6.35. The van der Waals surface area contributed by atoms with E-state index in [1.165, 1.54) is 0 Å². The van der Waals surface area contributed by atoms with Gasteiger partial charge in [-0.05, 0) is 43.7 Å². The molecule has 112 valence electrons. The van der Waals surface area contributed by atoms with Crippen LogP contribution in [0.3, 0.4) is 0 Å². The lowest BCUT2D eigenvalue weighted by Gasteiger charge is -2.15. The Hall–Kier alpha value is -1.09. The first-order valence-electron chi connectivity index (χ1n) is 6.62. The maximum atomic E-state index is 6.19. The highest BCUT2D eigenvalue weighted by atomic mass is 35.5. The lowest BCUT2D eigenvalue weighted by atomic mass is 10.1. The predicted molar refractivity (Wildman–Crippen MR) is 91.1 cm³/mol. The molecule has 0 atom stereocenters. The van der Waals surface area contributed by atoms with Gasteiger partial charge in [0, 0.05) is 27.8 Å². The molecule has 0 amide bonds. The van der Waals surface area contributed by atoms with Crippen LogP contribution in [0.15, 0.2) is 30.3 Å². The first kappa shape index (κ1) is 16.3. The van der Waals surface area contributed by atoms with Gasteiger partial charge in [-0.3, -0.25) is 0 Å². The van der Waals surface area contributed by atoms with E-state index >= 15 is 0 Å². The molecule has 0 aliphatic rings. The van der Waals surface area contributed by atoms with Crippen LogP contribution < -0.4 is 10.1 Å². The second-order valence-corrected chi connectivity index (χ2v) is 5.83. The summed E-state index contributed by atoms with van der Waals surface area (Å²) in [5.74, 6) is 0.663. The Morgan fingerprint density at radius 2 is 1.86 bits per heavy atom. The summed E-state index contributed by atoms with van der Waals surface area (Å²) in [6.45, 7) is 4.99. The van der Waals surface area contributed by atoms with Gasteiger partial charge in [0.15, 0.2) is 0 Å². The number of benzene rings is 2. The third-order valence-electron chi connectivity index (χ3n) is 3.11. The highest BCUT2D eigenvalue weighted by Crippen LogP contribution is 2.33. The second kappa shape index (κ2) is 7.26. The zero-order valence-electron chi connectivity index (χ0n) is 11.8. The van der Waals surface area contributed by atoms with Gasteiger partial charge in [0.1, 0.15) is 5.75 Å². The van der Waals surface area contributed by atoms with Crippen LogP contribution in [0.2, 0.25) is 15.1 Å². The van der Waals surface area contributed by atoms with Crippen molar-refractivity contribution in [2.45, 2.75) is 20.4 Å². The maximum Gasteiger partial charge on any atom is 0.142 e. The molecule has 2 aromatic rings. The Kier molecular flexibility index (Phi) is 5.63. The standard InChI is InChI=1S/C16H16Cl3NO/c1-3-21-16-11(7-12(17)8-14(16)19)9-20-15-6-4-5-13(18)10(15)2/h4-8,20H,3,9H2,1-2H3. The summed E-state index contributed by atoms with van der Waals surface area (Å²) in [6, 6.07) is 9.29.